The quantitative estimate of drug-likeness (QED) is 0.683. The van der Waals surface area contributed by atoms with Crippen LogP contribution < -0.4 is 4.90 Å². The molecule has 2 aromatic heterocycles. The van der Waals surface area contributed by atoms with Gasteiger partial charge in [0.15, 0.2) is 5.69 Å². The highest BCUT2D eigenvalue weighted by Crippen LogP contribution is 2.26. The highest BCUT2D eigenvalue weighted by molar-refractivity contribution is 5.95. The molecule has 142 valence electrons. The SMILES string of the molecule is O=C(c1cnn(-c2ccccc2)n1)N1CC(n2cc(N3CCCC3=O)cn2)C1. The van der Waals surface area contributed by atoms with E-state index < -0.39 is 0 Å². The van der Waals surface area contributed by atoms with Gasteiger partial charge in [0.1, 0.15) is 0 Å². The van der Waals surface area contributed by atoms with Gasteiger partial charge < -0.3 is 9.80 Å². The minimum atomic E-state index is -0.138. The van der Waals surface area contributed by atoms with Gasteiger partial charge in [-0.1, -0.05) is 18.2 Å². The van der Waals surface area contributed by atoms with Crippen LogP contribution in [0.5, 0.6) is 0 Å². The van der Waals surface area contributed by atoms with Gasteiger partial charge >= 0.3 is 0 Å². The van der Waals surface area contributed by atoms with Crippen molar-refractivity contribution in [3.63, 3.8) is 0 Å². The average Bonchev–Trinajstić information content (AvgIpc) is 3.41. The van der Waals surface area contributed by atoms with E-state index in [9.17, 15) is 9.59 Å². The van der Waals surface area contributed by atoms with Crippen LogP contribution in [-0.2, 0) is 4.79 Å². The summed E-state index contributed by atoms with van der Waals surface area (Å²) in [5.41, 5.74) is 1.97. The smallest absolute Gasteiger partial charge is 0.276 e. The molecule has 5 rings (SSSR count). The van der Waals surface area contributed by atoms with E-state index in [0.29, 0.717) is 25.2 Å². The maximum Gasteiger partial charge on any atom is 0.276 e. The molecule has 9 heteroatoms. The van der Waals surface area contributed by atoms with Gasteiger partial charge in [-0.05, 0) is 18.6 Å². The van der Waals surface area contributed by atoms with Crippen LogP contribution in [0.1, 0.15) is 29.4 Å². The Morgan fingerprint density at radius 3 is 2.61 bits per heavy atom. The van der Waals surface area contributed by atoms with Gasteiger partial charge in [0, 0.05) is 32.3 Å². The van der Waals surface area contributed by atoms with E-state index in [0.717, 1.165) is 24.3 Å². The molecular formula is C19H19N7O2. The van der Waals surface area contributed by atoms with Crippen LogP contribution in [0.15, 0.2) is 48.9 Å². The standard InChI is InChI=1S/C19H19N7O2/c27-18-7-4-8-24(18)15-9-20-25(13-15)16-11-23(12-16)19(28)17-10-21-26(22-17)14-5-2-1-3-6-14/h1-3,5-6,9-10,13,16H,4,7-8,11-12H2. The summed E-state index contributed by atoms with van der Waals surface area (Å²) >= 11 is 0. The van der Waals surface area contributed by atoms with E-state index in [4.69, 9.17) is 0 Å². The molecule has 2 aliphatic rings. The Hall–Kier alpha value is -3.49. The zero-order chi connectivity index (χ0) is 19.1. The van der Waals surface area contributed by atoms with E-state index in [1.807, 2.05) is 41.2 Å². The molecule has 4 heterocycles. The monoisotopic (exact) mass is 377 g/mol. The van der Waals surface area contributed by atoms with Crippen molar-refractivity contribution in [1.82, 2.24) is 29.7 Å². The molecule has 0 spiro atoms. The average molecular weight is 377 g/mol. The highest BCUT2D eigenvalue weighted by atomic mass is 16.2. The second-order valence-electron chi connectivity index (χ2n) is 7.05. The lowest BCUT2D eigenvalue weighted by molar-refractivity contribution is -0.117. The largest absolute Gasteiger partial charge is 0.333 e. The van der Waals surface area contributed by atoms with Gasteiger partial charge in [-0.3, -0.25) is 14.3 Å². The van der Waals surface area contributed by atoms with Crippen molar-refractivity contribution in [3.8, 4) is 5.69 Å². The molecule has 2 aliphatic heterocycles. The first-order chi connectivity index (χ1) is 13.7. The molecule has 0 saturated carbocycles. The van der Waals surface area contributed by atoms with Crippen molar-refractivity contribution in [2.75, 3.05) is 24.5 Å². The topological polar surface area (TPSA) is 89.2 Å². The number of anilines is 1. The molecule has 0 bridgehead atoms. The number of aromatic nitrogens is 5. The molecule has 2 fully saturated rings. The first-order valence-corrected chi connectivity index (χ1v) is 9.30. The number of para-hydroxylation sites is 1. The van der Waals surface area contributed by atoms with Crippen LogP contribution in [-0.4, -0.2) is 61.1 Å². The zero-order valence-corrected chi connectivity index (χ0v) is 15.2. The first kappa shape index (κ1) is 16.7. The van der Waals surface area contributed by atoms with E-state index in [1.54, 1.807) is 16.0 Å². The first-order valence-electron chi connectivity index (χ1n) is 9.30. The molecular weight excluding hydrogens is 358 g/mol. The second kappa shape index (κ2) is 6.59. The van der Waals surface area contributed by atoms with Crippen LogP contribution in [0, 0.1) is 0 Å². The fourth-order valence-electron chi connectivity index (χ4n) is 3.59. The maximum atomic E-state index is 12.6. The normalized spacial score (nSPS) is 17.2. The minimum absolute atomic E-state index is 0.111. The van der Waals surface area contributed by atoms with Crippen molar-refractivity contribution >= 4 is 17.5 Å². The molecule has 28 heavy (non-hydrogen) atoms. The molecule has 0 atom stereocenters. The lowest BCUT2D eigenvalue weighted by atomic mass is 10.1. The fraction of sp³-hybridized carbons (Fsp3) is 0.316. The summed E-state index contributed by atoms with van der Waals surface area (Å²) in [7, 11) is 0. The third-order valence-electron chi connectivity index (χ3n) is 5.19. The third kappa shape index (κ3) is 2.84. The number of rotatable bonds is 4. The summed E-state index contributed by atoms with van der Waals surface area (Å²) < 4.78 is 1.84. The molecule has 0 aliphatic carbocycles. The summed E-state index contributed by atoms with van der Waals surface area (Å²) in [6.45, 7) is 1.87. The van der Waals surface area contributed by atoms with Crippen molar-refractivity contribution in [2.24, 2.45) is 0 Å². The number of nitrogens with zero attached hydrogens (tertiary/aromatic N) is 7. The molecule has 0 N–H and O–H groups in total. The highest BCUT2D eigenvalue weighted by Gasteiger charge is 2.35. The van der Waals surface area contributed by atoms with Crippen LogP contribution in [0.4, 0.5) is 5.69 Å². The molecule has 1 aromatic carbocycles. The number of hydrogen-bond donors (Lipinski definition) is 0. The van der Waals surface area contributed by atoms with Crippen molar-refractivity contribution in [1.29, 1.82) is 0 Å². The Balaban J connectivity index is 1.23. The molecule has 3 aromatic rings. The number of hydrogen-bond acceptors (Lipinski definition) is 5. The van der Waals surface area contributed by atoms with E-state index in [-0.39, 0.29) is 17.9 Å². The lowest BCUT2D eigenvalue weighted by Crippen LogP contribution is -2.51. The van der Waals surface area contributed by atoms with Crippen LogP contribution in [0.25, 0.3) is 5.69 Å². The number of likely N-dealkylation sites (tertiary alicyclic amines) is 1. The summed E-state index contributed by atoms with van der Waals surface area (Å²) in [5, 5.41) is 12.9. The van der Waals surface area contributed by atoms with Crippen LogP contribution in [0.3, 0.4) is 0 Å². The van der Waals surface area contributed by atoms with Crippen molar-refractivity contribution in [3.05, 3.63) is 54.6 Å². The van der Waals surface area contributed by atoms with Gasteiger partial charge in [-0.25, -0.2) is 0 Å². The number of benzene rings is 1. The van der Waals surface area contributed by atoms with E-state index in [1.165, 1.54) is 11.0 Å². The van der Waals surface area contributed by atoms with Crippen molar-refractivity contribution < 1.29 is 9.59 Å². The fourth-order valence-corrected chi connectivity index (χ4v) is 3.59. The Morgan fingerprint density at radius 1 is 1.04 bits per heavy atom. The van der Waals surface area contributed by atoms with Crippen LogP contribution in [0.2, 0.25) is 0 Å². The van der Waals surface area contributed by atoms with Gasteiger partial charge in [0.25, 0.3) is 5.91 Å². The van der Waals surface area contributed by atoms with E-state index in [2.05, 4.69) is 15.3 Å². The number of amides is 2. The molecule has 2 amide bonds. The maximum absolute atomic E-state index is 12.6. The van der Waals surface area contributed by atoms with Gasteiger partial charge in [0.05, 0.1) is 29.8 Å². The predicted octanol–water partition coefficient (Wildman–Crippen LogP) is 1.29. The Morgan fingerprint density at radius 2 is 1.86 bits per heavy atom. The van der Waals surface area contributed by atoms with Gasteiger partial charge in [0.2, 0.25) is 5.91 Å². The minimum Gasteiger partial charge on any atom is -0.333 e. The summed E-state index contributed by atoms with van der Waals surface area (Å²) in [4.78, 5) is 29.4. The summed E-state index contributed by atoms with van der Waals surface area (Å²) in [5.74, 6) is 0.00648. The molecule has 2 saturated heterocycles. The Labute approximate surface area is 161 Å². The van der Waals surface area contributed by atoms with Crippen molar-refractivity contribution in [2.45, 2.75) is 18.9 Å². The molecule has 0 radical (unpaired) electrons. The predicted molar refractivity (Wildman–Crippen MR) is 100 cm³/mol. The van der Waals surface area contributed by atoms with Gasteiger partial charge in [-0.15, -0.1) is 5.10 Å². The van der Waals surface area contributed by atoms with Gasteiger partial charge in [-0.2, -0.15) is 15.0 Å². The Bertz CT molecular complexity index is 1020. The summed E-state index contributed by atoms with van der Waals surface area (Å²) in [6.07, 6.45) is 6.59. The number of carbonyl (C=O) groups excluding carboxylic acids is 2. The zero-order valence-electron chi connectivity index (χ0n) is 15.2. The second-order valence-corrected chi connectivity index (χ2v) is 7.05. The molecule has 9 nitrogen and oxygen atoms in total. The lowest BCUT2D eigenvalue weighted by Gasteiger charge is -2.38. The Kier molecular flexibility index (Phi) is 3.92. The van der Waals surface area contributed by atoms with Crippen LogP contribution >= 0.6 is 0 Å². The summed E-state index contributed by atoms with van der Waals surface area (Å²) in [6, 6.07) is 9.59. The molecule has 0 unspecified atom stereocenters. The third-order valence-corrected chi connectivity index (χ3v) is 5.19. The number of carbonyl (C=O) groups is 2. The van der Waals surface area contributed by atoms with E-state index >= 15 is 0 Å².